The Labute approximate surface area is 110 Å². The maximum atomic E-state index is 5.57. The molecule has 102 valence electrons. The Morgan fingerprint density at radius 2 is 2.33 bits per heavy atom. The molecule has 0 spiro atoms. The lowest BCUT2D eigenvalue weighted by Gasteiger charge is -2.28. The largest absolute Gasteiger partial charge is 0.378 e. The molecule has 1 aromatic rings. The molecule has 0 radical (unpaired) electrons. The molecule has 0 amide bonds. The van der Waals surface area contributed by atoms with Gasteiger partial charge in [-0.3, -0.25) is 4.68 Å². The fourth-order valence-electron chi connectivity index (χ4n) is 2.61. The standard InChI is InChI=1S/C14H25N3O/c1-10(2)14-12(9-17(4)16-14)8-15-13-5-6-18-11(3)7-13/h9-11,13,15H,5-8H2,1-4H3. The Kier molecular flexibility index (Phi) is 4.40. The Morgan fingerprint density at radius 1 is 1.56 bits per heavy atom. The predicted octanol–water partition coefficient (Wildman–Crippen LogP) is 2.20. The van der Waals surface area contributed by atoms with Crippen molar-refractivity contribution in [3.63, 3.8) is 0 Å². The minimum Gasteiger partial charge on any atom is -0.378 e. The lowest BCUT2D eigenvalue weighted by molar-refractivity contribution is 0.0130. The number of nitrogens with zero attached hydrogens (tertiary/aromatic N) is 2. The highest BCUT2D eigenvalue weighted by Crippen LogP contribution is 2.18. The van der Waals surface area contributed by atoms with Crippen molar-refractivity contribution in [3.05, 3.63) is 17.5 Å². The van der Waals surface area contributed by atoms with Crippen LogP contribution in [0.2, 0.25) is 0 Å². The van der Waals surface area contributed by atoms with E-state index in [1.807, 2.05) is 11.7 Å². The van der Waals surface area contributed by atoms with Crippen LogP contribution in [0.5, 0.6) is 0 Å². The molecule has 2 unspecified atom stereocenters. The molecule has 1 fully saturated rings. The van der Waals surface area contributed by atoms with E-state index in [1.54, 1.807) is 0 Å². The molecule has 2 rings (SSSR count). The molecule has 1 N–H and O–H groups in total. The van der Waals surface area contributed by atoms with Gasteiger partial charge in [0.1, 0.15) is 0 Å². The first kappa shape index (κ1) is 13.6. The molecule has 0 bridgehead atoms. The number of rotatable bonds is 4. The first-order valence-corrected chi connectivity index (χ1v) is 6.93. The van der Waals surface area contributed by atoms with Gasteiger partial charge in [-0.2, -0.15) is 5.10 Å². The Morgan fingerprint density at radius 3 is 3.00 bits per heavy atom. The van der Waals surface area contributed by atoms with E-state index >= 15 is 0 Å². The maximum absolute atomic E-state index is 5.57. The van der Waals surface area contributed by atoms with Crippen molar-refractivity contribution in [1.29, 1.82) is 0 Å². The molecule has 4 nitrogen and oxygen atoms in total. The summed E-state index contributed by atoms with van der Waals surface area (Å²) in [6, 6.07) is 0.578. The van der Waals surface area contributed by atoms with Gasteiger partial charge in [-0.15, -0.1) is 0 Å². The van der Waals surface area contributed by atoms with E-state index in [1.165, 1.54) is 11.3 Å². The van der Waals surface area contributed by atoms with E-state index in [2.05, 4.69) is 37.4 Å². The summed E-state index contributed by atoms with van der Waals surface area (Å²) in [5, 5.41) is 8.18. The molecule has 1 aromatic heterocycles. The minimum absolute atomic E-state index is 0.384. The number of hydrogen-bond acceptors (Lipinski definition) is 3. The van der Waals surface area contributed by atoms with Crippen molar-refractivity contribution in [2.45, 2.75) is 58.2 Å². The van der Waals surface area contributed by atoms with Gasteiger partial charge < -0.3 is 10.1 Å². The molecule has 0 aliphatic carbocycles. The van der Waals surface area contributed by atoms with Crippen molar-refractivity contribution >= 4 is 0 Å². The summed E-state index contributed by atoms with van der Waals surface area (Å²) in [7, 11) is 1.99. The molecule has 18 heavy (non-hydrogen) atoms. The second-order valence-electron chi connectivity index (χ2n) is 5.65. The average molecular weight is 251 g/mol. The number of nitrogens with one attached hydrogen (secondary N) is 1. The van der Waals surface area contributed by atoms with E-state index in [9.17, 15) is 0 Å². The van der Waals surface area contributed by atoms with Crippen LogP contribution in [0.15, 0.2) is 6.20 Å². The van der Waals surface area contributed by atoms with Gasteiger partial charge in [0.15, 0.2) is 0 Å². The first-order chi connectivity index (χ1) is 8.56. The molecule has 1 saturated heterocycles. The Bertz CT molecular complexity index is 386. The van der Waals surface area contributed by atoms with Crippen LogP contribution in [0.3, 0.4) is 0 Å². The van der Waals surface area contributed by atoms with Gasteiger partial charge in [-0.25, -0.2) is 0 Å². The van der Waals surface area contributed by atoms with Crippen molar-refractivity contribution < 1.29 is 4.74 Å². The van der Waals surface area contributed by atoms with Gasteiger partial charge in [-0.05, 0) is 25.7 Å². The summed E-state index contributed by atoms with van der Waals surface area (Å²) in [6.45, 7) is 8.34. The smallest absolute Gasteiger partial charge is 0.0694 e. The van der Waals surface area contributed by atoms with Crippen LogP contribution < -0.4 is 5.32 Å². The summed E-state index contributed by atoms with van der Waals surface area (Å²) >= 11 is 0. The van der Waals surface area contributed by atoms with Gasteiger partial charge in [-0.1, -0.05) is 13.8 Å². The summed E-state index contributed by atoms with van der Waals surface area (Å²) < 4.78 is 7.49. The van der Waals surface area contributed by atoms with Crippen LogP contribution in [0.4, 0.5) is 0 Å². The molecular weight excluding hydrogens is 226 g/mol. The van der Waals surface area contributed by atoms with Gasteiger partial charge in [0.05, 0.1) is 11.8 Å². The molecule has 2 heterocycles. The molecular formula is C14H25N3O. The van der Waals surface area contributed by atoms with Crippen LogP contribution in [0.25, 0.3) is 0 Å². The zero-order valence-corrected chi connectivity index (χ0v) is 11.9. The first-order valence-electron chi connectivity index (χ1n) is 6.93. The fraction of sp³-hybridized carbons (Fsp3) is 0.786. The van der Waals surface area contributed by atoms with Crippen molar-refractivity contribution in [2.75, 3.05) is 6.61 Å². The van der Waals surface area contributed by atoms with Gasteiger partial charge >= 0.3 is 0 Å². The Hall–Kier alpha value is -0.870. The number of ether oxygens (including phenoxy) is 1. The lowest BCUT2D eigenvalue weighted by atomic mass is 10.0. The van der Waals surface area contributed by atoms with Crippen molar-refractivity contribution in [3.8, 4) is 0 Å². The summed E-state index contributed by atoms with van der Waals surface area (Å²) in [4.78, 5) is 0. The van der Waals surface area contributed by atoms with Crippen molar-refractivity contribution in [1.82, 2.24) is 15.1 Å². The van der Waals surface area contributed by atoms with Gasteiger partial charge in [0.25, 0.3) is 0 Å². The third kappa shape index (κ3) is 3.33. The fourth-order valence-corrected chi connectivity index (χ4v) is 2.61. The highest BCUT2D eigenvalue weighted by atomic mass is 16.5. The van der Waals surface area contributed by atoms with E-state index < -0.39 is 0 Å². The number of hydrogen-bond donors (Lipinski definition) is 1. The van der Waals surface area contributed by atoms with Crippen LogP contribution in [0, 0.1) is 0 Å². The van der Waals surface area contributed by atoms with E-state index in [0.29, 0.717) is 18.1 Å². The molecule has 1 aliphatic rings. The summed E-state index contributed by atoms with van der Waals surface area (Å²) in [5.74, 6) is 0.483. The van der Waals surface area contributed by atoms with Gasteiger partial charge in [0.2, 0.25) is 0 Å². The monoisotopic (exact) mass is 251 g/mol. The zero-order chi connectivity index (χ0) is 13.1. The topological polar surface area (TPSA) is 39.1 Å². The maximum Gasteiger partial charge on any atom is 0.0694 e. The van der Waals surface area contributed by atoms with E-state index in [4.69, 9.17) is 4.74 Å². The van der Waals surface area contributed by atoms with E-state index in [0.717, 1.165) is 26.0 Å². The average Bonchev–Trinajstić information content (AvgIpc) is 2.68. The normalized spacial score (nSPS) is 24.7. The molecule has 4 heteroatoms. The lowest BCUT2D eigenvalue weighted by Crippen LogP contribution is -2.37. The second kappa shape index (κ2) is 5.85. The number of aryl methyl sites for hydroxylation is 1. The quantitative estimate of drug-likeness (QED) is 0.891. The summed E-state index contributed by atoms with van der Waals surface area (Å²) in [6.07, 6.45) is 4.74. The molecule has 2 atom stereocenters. The second-order valence-corrected chi connectivity index (χ2v) is 5.65. The predicted molar refractivity (Wildman–Crippen MR) is 72.6 cm³/mol. The number of aromatic nitrogens is 2. The highest BCUT2D eigenvalue weighted by Gasteiger charge is 2.19. The van der Waals surface area contributed by atoms with Crippen molar-refractivity contribution in [2.24, 2.45) is 7.05 Å². The third-order valence-corrected chi connectivity index (χ3v) is 3.55. The Balaban J connectivity index is 1.93. The van der Waals surface area contributed by atoms with Crippen LogP contribution in [-0.4, -0.2) is 28.5 Å². The van der Waals surface area contributed by atoms with E-state index in [-0.39, 0.29) is 0 Å². The van der Waals surface area contributed by atoms with Crippen LogP contribution in [-0.2, 0) is 18.3 Å². The minimum atomic E-state index is 0.384. The third-order valence-electron chi connectivity index (χ3n) is 3.55. The molecule has 1 aliphatic heterocycles. The SMILES string of the molecule is CC1CC(NCc2cn(C)nc2C(C)C)CCO1. The van der Waals surface area contributed by atoms with Crippen LogP contribution in [0.1, 0.15) is 50.8 Å². The summed E-state index contributed by atoms with van der Waals surface area (Å²) in [5.41, 5.74) is 2.54. The molecule has 0 saturated carbocycles. The highest BCUT2D eigenvalue weighted by molar-refractivity contribution is 5.20. The van der Waals surface area contributed by atoms with Crippen LogP contribution >= 0.6 is 0 Å². The van der Waals surface area contributed by atoms with Gasteiger partial charge in [0, 0.05) is 38.0 Å². The molecule has 0 aromatic carbocycles. The zero-order valence-electron chi connectivity index (χ0n) is 11.9.